The van der Waals surface area contributed by atoms with Gasteiger partial charge < -0.3 is 24.4 Å². The molecule has 3 aromatic rings. The van der Waals surface area contributed by atoms with Crippen molar-refractivity contribution in [1.29, 1.82) is 0 Å². The van der Waals surface area contributed by atoms with Gasteiger partial charge in [-0.2, -0.15) is 0 Å². The molecule has 1 fully saturated rings. The predicted molar refractivity (Wildman–Crippen MR) is 145 cm³/mol. The highest BCUT2D eigenvalue weighted by Gasteiger charge is 2.32. The van der Waals surface area contributed by atoms with Crippen molar-refractivity contribution in [3.8, 4) is 23.0 Å². The van der Waals surface area contributed by atoms with Crippen LogP contribution in [0.3, 0.4) is 0 Å². The van der Waals surface area contributed by atoms with Gasteiger partial charge in [0.2, 0.25) is 0 Å². The number of rotatable bonds is 7. The molecular weight excluding hydrogens is 466 g/mol. The van der Waals surface area contributed by atoms with Crippen molar-refractivity contribution < 1.29 is 24.4 Å². The van der Waals surface area contributed by atoms with Crippen LogP contribution >= 0.6 is 0 Å². The number of hydrogen-bond donors (Lipinski definition) is 2. The summed E-state index contributed by atoms with van der Waals surface area (Å²) in [5, 5.41) is 20.2. The smallest absolute Gasteiger partial charge is 0.150 e. The van der Waals surface area contributed by atoms with Gasteiger partial charge in [-0.1, -0.05) is 31.2 Å². The Kier molecular flexibility index (Phi) is 7.13. The molecule has 1 saturated heterocycles. The number of likely N-dealkylation sites (tertiary alicyclic amines) is 1. The van der Waals surface area contributed by atoms with Gasteiger partial charge in [-0.25, -0.2) is 0 Å². The van der Waals surface area contributed by atoms with Crippen LogP contribution in [0.15, 0.2) is 66.7 Å². The van der Waals surface area contributed by atoms with Crippen molar-refractivity contribution in [2.45, 2.75) is 39.0 Å². The summed E-state index contributed by atoms with van der Waals surface area (Å²) in [6.45, 7) is 9.01. The summed E-state index contributed by atoms with van der Waals surface area (Å²) in [5.74, 6) is 2.43. The zero-order chi connectivity index (χ0) is 26.1. The van der Waals surface area contributed by atoms with Crippen LogP contribution in [-0.2, 0) is 4.74 Å². The SMILES string of the molecule is CO[C@H]1CN([C@@H](C)COc2ccc(C3Oc4ccc(O)cc4C(C)=C3c3cccc(O)c3)cc2)C[C@@H]1C. The molecular formula is C31H35NO5. The van der Waals surface area contributed by atoms with E-state index in [4.69, 9.17) is 14.2 Å². The van der Waals surface area contributed by atoms with E-state index in [0.717, 1.165) is 46.7 Å². The third-order valence-electron chi connectivity index (χ3n) is 7.61. The Bertz CT molecular complexity index is 1290. The van der Waals surface area contributed by atoms with Gasteiger partial charge >= 0.3 is 0 Å². The molecule has 5 rings (SSSR count). The monoisotopic (exact) mass is 501 g/mol. The van der Waals surface area contributed by atoms with E-state index in [1.165, 1.54) is 0 Å². The van der Waals surface area contributed by atoms with E-state index in [9.17, 15) is 10.2 Å². The van der Waals surface area contributed by atoms with Gasteiger partial charge in [0.25, 0.3) is 0 Å². The molecule has 0 spiro atoms. The Hall–Kier alpha value is -3.48. The molecule has 3 aromatic carbocycles. The number of benzene rings is 3. The van der Waals surface area contributed by atoms with Crippen molar-refractivity contribution >= 4 is 11.1 Å². The van der Waals surface area contributed by atoms with Crippen molar-refractivity contribution in [3.05, 3.63) is 83.4 Å². The number of allylic oxidation sites excluding steroid dienone is 1. The average molecular weight is 502 g/mol. The third kappa shape index (κ3) is 5.17. The van der Waals surface area contributed by atoms with Crippen LogP contribution < -0.4 is 9.47 Å². The lowest BCUT2D eigenvalue weighted by Crippen LogP contribution is -2.36. The number of fused-ring (bicyclic) bond motifs is 1. The summed E-state index contributed by atoms with van der Waals surface area (Å²) in [6.07, 6.45) is -0.0903. The van der Waals surface area contributed by atoms with Crippen LogP contribution in [0.25, 0.3) is 11.1 Å². The Labute approximate surface area is 218 Å². The molecule has 194 valence electrons. The maximum atomic E-state index is 10.2. The van der Waals surface area contributed by atoms with E-state index in [0.29, 0.717) is 24.3 Å². The van der Waals surface area contributed by atoms with Crippen LogP contribution in [0.5, 0.6) is 23.0 Å². The predicted octanol–water partition coefficient (Wildman–Crippen LogP) is 5.90. The van der Waals surface area contributed by atoms with Gasteiger partial charge in [-0.15, -0.1) is 0 Å². The first-order valence-electron chi connectivity index (χ1n) is 12.8. The molecule has 0 radical (unpaired) electrons. The molecule has 2 aliphatic rings. The van der Waals surface area contributed by atoms with E-state index in [2.05, 4.69) is 18.7 Å². The number of ether oxygens (including phenoxy) is 3. The van der Waals surface area contributed by atoms with Gasteiger partial charge in [0.1, 0.15) is 35.7 Å². The summed E-state index contributed by atoms with van der Waals surface area (Å²) in [4.78, 5) is 2.42. The fourth-order valence-corrected chi connectivity index (χ4v) is 5.42. The molecule has 4 atom stereocenters. The zero-order valence-electron chi connectivity index (χ0n) is 21.8. The van der Waals surface area contributed by atoms with Crippen LogP contribution in [0.2, 0.25) is 0 Å². The summed E-state index contributed by atoms with van der Waals surface area (Å²) in [5.41, 5.74) is 4.65. The third-order valence-corrected chi connectivity index (χ3v) is 7.61. The van der Waals surface area contributed by atoms with Crippen LogP contribution in [0.4, 0.5) is 0 Å². The van der Waals surface area contributed by atoms with Gasteiger partial charge in [0.05, 0.1) is 6.10 Å². The quantitative estimate of drug-likeness (QED) is 0.420. The Morgan fingerprint density at radius 3 is 2.46 bits per heavy atom. The van der Waals surface area contributed by atoms with Crippen LogP contribution in [-0.4, -0.2) is 54.1 Å². The summed E-state index contributed by atoms with van der Waals surface area (Å²) < 4.78 is 18.2. The lowest BCUT2D eigenvalue weighted by atomic mass is 9.86. The second-order valence-corrected chi connectivity index (χ2v) is 10.2. The Morgan fingerprint density at radius 1 is 1.00 bits per heavy atom. The zero-order valence-corrected chi connectivity index (χ0v) is 21.8. The highest BCUT2D eigenvalue weighted by atomic mass is 16.5. The standard InChI is InChI=1S/C31H35NO5/c1-19-16-32(17-29(19)35-4)20(2)18-36-26-11-8-22(9-12-26)31-30(23-6-5-7-24(33)14-23)21(3)27-15-25(34)10-13-28(27)37-31/h5-15,19-20,29,31,33-34H,16-18H2,1-4H3/t19-,20-,29-,31?/m0/s1. The molecule has 2 heterocycles. The number of aromatic hydroxyl groups is 2. The second-order valence-electron chi connectivity index (χ2n) is 10.2. The fraction of sp³-hybridized carbons (Fsp3) is 0.355. The first kappa shape index (κ1) is 25.2. The van der Waals surface area contributed by atoms with E-state index in [1.54, 1.807) is 37.4 Å². The second kappa shape index (κ2) is 10.5. The summed E-state index contributed by atoms with van der Waals surface area (Å²) in [6, 6.07) is 20.7. The average Bonchev–Trinajstić information content (AvgIpc) is 3.28. The molecule has 6 nitrogen and oxygen atoms in total. The van der Waals surface area contributed by atoms with Crippen molar-refractivity contribution in [3.63, 3.8) is 0 Å². The lowest BCUT2D eigenvalue weighted by Gasteiger charge is -2.31. The maximum Gasteiger partial charge on any atom is 0.150 e. The minimum Gasteiger partial charge on any atom is -0.508 e. The van der Waals surface area contributed by atoms with Crippen molar-refractivity contribution in [2.24, 2.45) is 5.92 Å². The molecule has 37 heavy (non-hydrogen) atoms. The van der Waals surface area contributed by atoms with Gasteiger partial charge in [-0.05, 0) is 78.9 Å². The summed E-state index contributed by atoms with van der Waals surface area (Å²) >= 11 is 0. The number of hydrogen-bond acceptors (Lipinski definition) is 6. The van der Waals surface area contributed by atoms with Gasteiger partial charge in [0.15, 0.2) is 0 Å². The van der Waals surface area contributed by atoms with Crippen molar-refractivity contribution in [1.82, 2.24) is 4.90 Å². The molecule has 0 aromatic heterocycles. The van der Waals surface area contributed by atoms with E-state index < -0.39 is 0 Å². The Morgan fingerprint density at radius 2 is 1.76 bits per heavy atom. The number of methoxy groups -OCH3 is 1. The van der Waals surface area contributed by atoms with Gasteiger partial charge in [-0.3, -0.25) is 4.90 Å². The molecule has 6 heteroatoms. The molecule has 2 aliphatic heterocycles. The molecule has 0 amide bonds. The van der Waals surface area contributed by atoms with E-state index in [1.807, 2.05) is 43.3 Å². The number of nitrogens with zero attached hydrogens (tertiary/aromatic N) is 1. The van der Waals surface area contributed by atoms with E-state index in [-0.39, 0.29) is 23.7 Å². The number of phenols is 2. The largest absolute Gasteiger partial charge is 0.508 e. The molecule has 2 N–H and O–H groups in total. The van der Waals surface area contributed by atoms with Crippen LogP contribution in [0.1, 0.15) is 43.6 Å². The minimum absolute atomic E-state index is 0.187. The van der Waals surface area contributed by atoms with E-state index >= 15 is 0 Å². The Balaban J connectivity index is 1.37. The first-order valence-corrected chi connectivity index (χ1v) is 12.8. The maximum absolute atomic E-state index is 10.2. The normalized spacial score (nSPS) is 22.4. The summed E-state index contributed by atoms with van der Waals surface area (Å²) in [7, 11) is 1.79. The fourth-order valence-electron chi connectivity index (χ4n) is 5.42. The molecule has 0 saturated carbocycles. The first-order chi connectivity index (χ1) is 17.8. The topological polar surface area (TPSA) is 71.4 Å². The van der Waals surface area contributed by atoms with Gasteiger partial charge in [0, 0.05) is 37.4 Å². The highest BCUT2D eigenvalue weighted by Crippen LogP contribution is 2.47. The van der Waals surface area contributed by atoms with Crippen molar-refractivity contribution in [2.75, 3.05) is 26.8 Å². The lowest BCUT2D eigenvalue weighted by molar-refractivity contribution is 0.0779. The highest BCUT2D eigenvalue weighted by molar-refractivity contribution is 5.95. The molecule has 1 unspecified atom stereocenters. The number of phenolic OH excluding ortho intramolecular Hbond substituents is 2. The molecule has 0 bridgehead atoms. The minimum atomic E-state index is -0.371. The molecule has 0 aliphatic carbocycles. The van der Waals surface area contributed by atoms with Crippen LogP contribution in [0, 0.1) is 5.92 Å².